The number of hydrogen-bond donors (Lipinski definition) is 1. The number of benzene rings is 1. The van der Waals surface area contributed by atoms with Crippen LogP contribution < -0.4 is 0 Å². The van der Waals surface area contributed by atoms with Gasteiger partial charge in [0.05, 0.1) is 0 Å². The molecule has 1 aromatic carbocycles. The Morgan fingerprint density at radius 3 is 2.75 bits per heavy atom. The molecular formula is C10H8BrFN2O2. The second-order valence-electron chi connectivity index (χ2n) is 3.29. The quantitative estimate of drug-likeness (QED) is 0.922. The number of halogens is 2. The molecule has 0 radical (unpaired) electrons. The van der Waals surface area contributed by atoms with Gasteiger partial charge in [-0.3, -0.25) is 0 Å². The first-order valence-corrected chi connectivity index (χ1v) is 5.33. The highest BCUT2D eigenvalue weighted by Gasteiger charge is 2.13. The second-order valence-corrected chi connectivity index (χ2v) is 4.21. The summed E-state index contributed by atoms with van der Waals surface area (Å²) < 4.78 is 18.5. The van der Waals surface area contributed by atoms with Crippen molar-refractivity contribution in [2.75, 3.05) is 0 Å². The van der Waals surface area contributed by atoms with Gasteiger partial charge in [-0.15, -0.1) is 0 Å². The van der Waals surface area contributed by atoms with Crippen molar-refractivity contribution in [1.82, 2.24) is 10.1 Å². The Morgan fingerprint density at radius 2 is 2.19 bits per heavy atom. The van der Waals surface area contributed by atoms with Crippen LogP contribution in [0.5, 0.6) is 0 Å². The van der Waals surface area contributed by atoms with Crippen LogP contribution >= 0.6 is 15.9 Å². The predicted octanol–water partition coefficient (Wildman–Crippen LogP) is 2.69. The third kappa shape index (κ3) is 2.28. The van der Waals surface area contributed by atoms with E-state index < -0.39 is 11.9 Å². The standard InChI is InChI=1S/C10H8BrFN2O2/c1-5(15)10-13-9(14-16-10)6-2-7(11)4-8(12)3-6/h2-5,15H,1H3. The number of rotatable bonds is 2. The minimum atomic E-state index is -0.835. The van der Waals surface area contributed by atoms with Crippen LogP contribution in [0.4, 0.5) is 4.39 Å². The maximum atomic E-state index is 13.1. The smallest absolute Gasteiger partial charge is 0.255 e. The van der Waals surface area contributed by atoms with Gasteiger partial charge in [0, 0.05) is 10.0 Å². The Morgan fingerprint density at radius 1 is 1.44 bits per heavy atom. The van der Waals surface area contributed by atoms with Gasteiger partial charge in [0.1, 0.15) is 11.9 Å². The van der Waals surface area contributed by atoms with Gasteiger partial charge in [-0.1, -0.05) is 21.1 Å². The summed E-state index contributed by atoms with van der Waals surface area (Å²) in [5, 5.41) is 12.9. The van der Waals surface area contributed by atoms with E-state index in [2.05, 4.69) is 26.1 Å². The molecule has 0 aliphatic heterocycles. The normalized spacial score (nSPS) is 12.8. The van der Waals surface area contributed by atoms with Crippen LogP contribution in [0, 0.1) is 5.82 Å². The fourth-order valence-electron chi connectivity index (χ4n) is 1.21. The topological polar surface area (TPSA) is 59.2 Å². The lowest BCUT2D eigenvalue weighted by Crippen LogP contribution is -1.90. The van der Waals surface area contributed by atoms with E-state index in [4.69, 9.17) is 4.52 Å². The van der Waals surface area contributed by atoms with E-state index in [0.29, 0.717) is 10.0 Å². The van der Waals surface area contributed by atoms with Gasteiger partial charge >= 0.3 is 0 Å². The van der Waals surface area contributed by atoms with Crippen LogP contribution in [0.3, 0.4) is 0 Å². The van der Waals surface area contributed by atoms with Crippen LogP contribution in [0.2, 0.25) is 0 Å². The molecule has 0 amide bonds. The molecular weight excluding hydrogens is 279 g/mol. The molecule has 1 atom stereocenters. The number of aliphatic hydroxyl groups excluding tert-OH is 1. The van der Waals surface area contributed by atoms with E-state index in [1.165, 1.54) is 19.1 Å². The first kappa shape index (κ1) is 11.2. The zero-order chi connectivity index (χ0) is 11.7. The molecule has 16 heavy (non-hydrogen) atoms. The fourth-order valence-corrected chi connectivity index (χ4v) is 1.67. The first-order valence-electron chi connectivity index (χ1n) is 4.54. The Kier molecular flexibility index (Phi) is 3.02. The summed E-state index contributed by atoms with van der Waals surface area (Å²) in [6.45, 7) is 1.51. The zero-order valence-corrected chi connectivity index (χ0v) is 9.90. The Hall–Kier alpha value is -1.27. The molecule has 2 aromatic rings. The number of aromatic nitrogens is 2. The number of nitrogens with zero attached hydrogens (tertiary/aromatic N) is 2. The minimum Gasteiger partial charge on any atom is -0.384 e. The van der Waals surface area contributed by atoms with E-state index in [0.717, 1.165) is 0 Å². The maximum absolute atomic E-state index is 13.1. The van der Waals surface area contributed by atoms with Crippen LogP contribution in [-0.2, 0) is 0 Å². The highest BCUT2D eigenvalue weighted by Crippen LogP contribution is 2.23. The molecule has 0 aliphatic rings. The van der Waals surface area contributed by atoms with Crippen molar-refractivity contribution >= 4 is 15.9 Å². The summed E-state index contributed by atoms with van der Waals surface area (Å²) in [5.41, 5.74) is 0.488. The monoisotopic (exact) mass is 286 g/mol. The van der Waals surface area contributed by atoms with Crippen molar-refractivity contribution < 1.29 is 14.0 Å². The molecule has 0 saturated heterocycles. The minimum absolute atomic E-state index is 0.107. The first-order chi connectivity index (χ1) is 7.56. The largest absolute Gasteiger partial charge is 0.384 e. The molecule has 84 valence electrons. The zero-order valence-electron chi connectivity index (χ0n) is 8.32. The second kappa shape index (κ2) is 4.31. The number of hydrogen-bond acceptors (Lipinski definition) is 4. The maximum Gasteiger partial charge on any atom is 0.255 e. The summed E-state index contributed by atoms with van der Waals surface area (Å²) in [6, 6.07) is 4.29. The van der Waals surface area contributed by atoms with E-state index in [1.807, 2.05) is 0 Å². The third-order valence-corrected chi connectivity index (χ3v) is 2.38. The lowest BCUT2D eigenvalue weighted by molar-refractivity contribution is 0.152. The SMILES string of the molecule is CC(O)c1nc(-c2cc(F)cc(Br)c2)no1. The average Bonchev–Trinajstić information content (AvgIpc) is 2.64. The summed E-state index contributed by atoms with van der Waals surface area (Å²) in [5.74, 6) is -0.0424. The van der Waals surface area contributed by atoms with Crippen LogP contribution in [0.1, 0.15) is 18.9 Å². The molecule has 1 heterocycles. The number of aliphatic hydroxyl groups is 1. The third-order valence-electron chi connectivity index (χ3n) is 1.92. The van der Waals surface area contributed by atoms with Crippen molar-refractivity contribution in [3.63, 3.8) is 0 Å². The summed E-state index contributed by atoms with van der Waals surface area (Å²) in [6.07, 6.45) is -0.835. The van der Waals surface area contributed by atoms with Gasteiger partial charge in [0.25, 0.3) is 5.89 Å². The lowest BCUT2D eigenvalue weighted by atomic mass is 10.2. The molecule has 0 aliphatic carbocycles. The summed E-state index contributed by atoms with van der Waals surface area (Å²) >= 11 is 3.17. The van der Waals surface area contributed by atoms with Crippen molar-refractivity contribution in [2.24, 2.45) is 0 Å². The molecule has 4 nitrogen and oxygen atoms in total. The van der Waals surface area contributed by atoms with Gasteiger partial charge in [-0.2, -0.15) is 4.98 Å². The van der Waals surface area contributed by atoms with Crippen LogP contribution in [0.25, 0.3) is 11.4 Å². The molecule has 0 saturated carbocycles. The Bertz CT molecular complexity index is 493. The van der Waals surface area contributed by atoms with E-state index in [1.54, 1.807) is 6.07 Å². The van der Waals surface area contributed by atoms with Crippen LogP contribution in [-0.4, -0.2) is 15.2 Å². The molecule has 0 spiro atoms. The molecule has 1 aromatic heterocycles. The highest BCUT2D eigenvalue weighted by atomic mass is 79.9. The Labute approximate surface area is 99.2 Å². The van der Waals surface area contributed by atoms with Gasteiger partial charge in [0.15, 0.2) is 0 Å². The summed E-state index contributed by atoms with van der Waals surface area (Å²) in [4.78, 5) is 3.95. The van der Waals surface area contributed by atoms with Gasteiger partial charge in [0.2, 0.25) is 5.82 Å². The van der Waals surface area contributed by atoms with Crippen molar-refractivity contribution in [3.8, 4) is 11.4 Å². The summed E-state index contributed by atoms with van der Waals surface area (Å²) in [7, 11) is 0. The van der Waals surface area contributed by atoms with Crippen molar-refractivity contribution in [3.05, 3.63) is 34.4 Å². The van der Waals surface area contributed by atoms with Gasteiger partial charge < -0.3 is 9.63 Å². The van der Waals surface area contributed by atoms with Gasteiger partial charge in [-0.05, 0) is 25.1 Å². The molecule has 6 heteroatoms. The van der Waals surface area contributed by atoms with E-state index >= 15 is 0 Å². The Balaban J connectivity index is 2.42. The fraction of sp³-hybridized carbons (Fsp3) is 0.200. The molecule has 0 fully saturated rings. The lowest BCUT2D eigenvalue weighted by Gasteiger charge is -1.96. The van der Waals surface area contributed by atoms with Crippen LogP contribution in [0.15, 0.2) is 27.2 Å². The van der Waals surface area contributed by atoms with E-state index in [-0.39, 0.29) is 11.7 Å². The van der Waals surface area contributed by atoms with E-state index in [9.17, 15) is 9.50 Å². The molecule has 2 rings (SSSR count). The van der Waals surface area contributed by atoms with Crippen molar-refractivity contribution in [1.29, 1.82) is 0 Å². The van der Waals surface area contributed by atoms with Crippen molar-refractivity contribution in [2.45, 2.75) is 13.0 Å². The average molecular weight is 287 g/mol. The van der Waals surface area contributed by atoms with Gasteiger partial charge in [-0.25, -0.2) is 4.39 Å². The molecule has 1 N–H and O–H groups in total. The predicted molar refractivity (Wildman–Crippen MR) is 58.0 cm³/mol. The molecule has 1 unspecified atom stereocenters. The highest BCUT2D eigenvalue weighted by molar-refractivity contribution is 9.10. The molecule has 0 bridgehead atoms.